The van der Waals surface area contributed by atoms with Crippen molar-refractivity contribution in [1.29, 1.82) is 0 Å². The number of nitrogens with one attached hydrogen (secondary N) is 1. The summed E-state index contributed by atoms with van der Waals surface area (Å²) in [5, 5.41) is 3.05. The van der Waals surface area contributed by atoms with Crippen molar-refractivity contribution in [3.05, 3.63) is 53.1 Å². The number of carbonyl (C=O) groups excluding carboxylic acids is 2. The molecule has 1 fully saturated rings. The molecule has 1 N–H and O–H groups in total. The number of anilines is 2. The number of thioether (sulfide) groups is 1. The Labute approximate surface area is 174 Å². The minimum absolute atomic E-state index is 0.257. The smallest absolute Gasteiger partial charge is 0.340 e. The van der Waals surface area contributed by atoms with Gasteiger partial charge in [0, 0.05) is 29.4 Å². The average molecular weight is 419 g/mol. The first-order valence-electron chi connectivity index (χ1n) is 9.22. The third kappa shape index (κ3) is 5.42. The number of esters is 1. The van der Waals surface area contributed by atoms with Crippen LogP contribution in [0.1, 0.15) is 29.6 Å². The van der Waals surface area contributed by atoms with E-state index in [1.165, 1.54) is 31.0 Å². The molecule has 1 amide bonds. The summed E-state index contributed by atoms with van der Waals surface area (Å²) in [6, 6.07) is 12.9. The molecule has 1 aliphatic heterocycles. The Balaban J connectivity index is 1.52. The van der Waals surface area contributed by atoms with E-state index in [2.05, 4.69) is 10.2 Å². The van der Waals surface area contributed by atoms with Gasteiger partial charge < -0.3 is 15.0 Å². The van der Waals surface area contributed by atoms with E-state index in [9.17, 15) is 9.59 Å². The van der Waals surface area contributed by atoms with Crippen molar-refractivity contribution in [2.75, 3.05) is 36.2 Å². The number of benzene rings is 2. The quantitative estimate of drug-likeness (QED) is 0.537. The highest BCUT2D eigenvalue weighted by atomic mass is 35.5. The van der Waals surface area contributed by atoms with Crippen LogP contribution in [0.4, 0.5) is 11.4 Å². The van der Waals surface area contributed by atoms with Crippen LogP contribution in [0.15, 0.2) is 47.4 Å². The number of rotatable bonds is 6. The minimum Gasteiger partial charge on any atom is -0.452 e. The summed E-state index contributed by atoms with van der Waals surface area (Å²) in [4.78, 5) is 27.6. The molecule has 1 saturated heterocycles. The summed E-state index contributed by atoms with van der Waals surface area (Å²) in [7, 11) is 0. The van der Waals surface area contributed by atoms with Gasteiger partial charge in [-0.3, -0.25) is 4.79 Å². The van der Waals surface area contributed by atoms with Crippen LogP contribution in [0.25, 0.3) is 0 Å². The first kappa shape index (κ1) is 20.6. The first-order valence-corrected chi connectivity index (χ1v) is 10.8. The average Bonchev–Trinajstić information content (AvgIpc) is 2.73. The molecule has 0 saturated carbocycles. The molecule has 1 heterocycles. The zero-order chi connectivity index (χ0) is 19.9. The summed E-state index contributed by atoms with van der Waals surface area (Å²) in [6.07, 6.45) is 5.62. The van der Waals surface area contributed by atoms with Crippen molar-refractivity contribution in [2.24, 2.45) is 0 Å². The van der Waals surface area contributed by atoms with Gasteiger partial charge in [0.15, 0.2) is 6.61 Å². The van der Waals surface area contributed by atoms with Crippen molar-refractivity contribution >= 4 is 46.6 Å². The monoisotopic (exact) mass is 418 g/mol. The molecule has 0 bridgehead atoms. The third-order valence-electron chi connectivity index (χ3n) is 4.60. The lowest BCUT2D eigenvalue weighted by molar-refractivity contribution is -0.119. The second kappa shape index (κ2) is 9.85. The van der Waals surface area contributed by atoms with Crippen molar-refractivity contribution in [3.8, 4) is 0 Å². The van der Waals surface area contributed by atoms with Crippen LogP contribution in [0, 0.1) is 0 Å². The van der Waals surface area contributed by atoms with E-state index in [4.69, 9.17) is 16.3 Å². The number of nitrogens with zero attached hydrogens (tertiary/aromatic N) is 1. The summed E-state index contributed by atoms with van der Waals surface area (Å²) in [5.41, 5.74) is 2.09. The van der Waals surface area contributed by atoms with Gasteiger partial charge in [0.1, 0.15) is 0 Å². The van der Waals surface area contributed by atoms with Gasteiger partial charge in [-0.1, -0.05) is 11.6 Å². The molecular formula is C21H23ClN2O3S. The number of carbonyl (C=O) groups is 2. The lowest BCUT2D eigenvalue weighted by atomic mass is 10.1. The fourth-order valence-corrected chi connectivity index (χ4v) is 3.74. The first-order chi connectivity index (χ1) is 13.6. The predicted molar refractivity (Wildman–Crippen MR) is 115 cm³/mol. The van der Waals surface area contributed by atoms with E-state index in [-0.39, 0.29) is 12.2 Å². The Bertz CT molecular complexity index is 836. The van der Waals surface area contributed by atoms with Gasteiger partial charge in [-0.2, -0.15) is 0 Å². The molecule has 0 unspecified atom stereocenters. The molecule has 0 aliphatic carbocycles. The van der Waals surface area contributed by atoms with E-state index in [0.29, 0.717) is 10.7 Å². The van der Waals surface area contributed by atoms with Gasteiger partial charge in [-0.05, 0) is 68.0 Å². The number of halogens is 1. The third-order valence-corrected chi connectivity index (χ3v) is 5.65. The van der Waals surface area contributed by atoms with Gasteiger partial charge >= 0.3 is 5.97 Å². The van der Waals surface area contributed by atoms with Crippen LogP contribution < -0.4 is 10.2 Å². The molecule has 28 heavy (non-hydrogen) atoms. The van der Waals surface area contributed by atoms with E-state index in [0.717, 1.165) is 23.7 Å². The molecule has 7 heteroatoms. The molecule has 0 radical (unpaired) electrons. The molecule has 2 aromatic carbocycles. The van der Waals surface area contributed by atoms with E-state index >= 15 is 0 Å². The van der Waals surface area contributed by atoms with Crippen LogP contribution in [-0.4, -0.2) is 37.8 Å². The van der Waals surface area contributed by atoms with Crippen LogP contribution >= 0.6 is 23.4 Å². The summed E-state index contributed by atoms with van der Waals surface area (Å²) < 4.78 is 5.11. The van der Waals surface area contributed by atoms with Crippen molar-refractivity contribution in [3.63, 3.8) is 0 Å². The fourth-order valence-electron chi connectivity index (χ4n) is 3.10. The predicted octanol–water partition coefficient (Wildman–Crippen LogP) is 4.85. The van der Waals surface area contributed by atoms with Gasteiger partial charge in [0.05, 0.1) is 10.6 Å². The zero-order valence-electron chi connectivity index (χ0n) is 15.7. The van der Waals surface area contributed by atoms with E-state index in [1.807, 2.05) is 36.6 Å². The maximum Gasteiger partial charge on any atom is 0.340 e. The van der Waals surface area contributed by atoms with E-state index < -0.39 is 11.9 Å². The topological polar surface area (TPSA) is 58.6 Å². The Hall–Kier alpha value is -2.18. The maximum atomic E-state index is 12.2. The molecule has 148 valence electrons. The Morgan fingerprint density at radius 2 is 1.82 bits per heavy atom. The largest absolute Gasteiger partial charge is 0.452 e. The van der Waals surface area contributed by atoms with Crippen LogP contribution in [0.5, 0.6) is 0 Å². The molecule has 3 rings (SSSR count). The highest BCUT2D eigenvalue weighted by molar-refractivity contribution is 7.98. The maximum absolute atomic E-state index is 12.2. The zero-order valence-corrected chi connectivity index (χ0v) is 17.3. The van der Waals surface area contributed by atoms with Gasteiger partial charge in [-0.15, -0.1) is 11.8 Å². The summed E-state index contributed by atoms with van der Waals surface area (Å²) in [5.74, 6) is -1.01. The second-order valence-electron chi connectivity index (χ2n) is 6.56. The number of amides is 1. The summed E-state index contributed by atoms with van der Waals surface area (Å²) in [6.45, 7) is 1.77. The highest BCUT2D eigenvalue weighted by Gasteiger charge is 2.15. The molecule has 2 aromatic rings. The lowest BCUT2D eigenvalue weighted by Crippen LogP contribution is -2.29. The van der Waals surface area contributed by atoms with Crippen LogP contribution in [-0.2, 0) is 9.53 Å². The molecule has 0 spiro atoms. The molecule has 5 nitrogen and oxygen atoms in total. The lowest BCUT2D eigenvalue weighted by Gasteiger charge is -2.28. The highest BCUT2D eigenvalue weighted by Crippen LogP contribution is 2.24. The normalized spacial score (nSPS) is 13.9. The Kier molecular flexibility index (Phi) is 7.23. The number of ether oxygens (including phenoxy) is 1. The van der Waals surface area contributed by atoms with Crippen molar-refractivity contribution in [1.82, 2.24) is 0 Å². The molecular weight excluding hydrogens is 396 g/mol. The Morgan fingerprint density at radius 1 is 1.11 bits per heavy atom. The Morgan fingerprint density at radius 3 is 2.50 bits per heavy atom. The van der Waals surface area contributed by atoms with E-state index in [1.54, 1.807) is 12.1 Å². The fraction of sp³-hybridized carbons (Fsp3) is 0.333. The van der Waals surface area contributed by atoms with Gasteiger partial charge in [-0.25, -0.2) is 4.79 Å². The number of hydrogen-bond acceptors (Lipinski definition) is 5. The van der Waals surface area contributed by atoms with Crippen LogP contribution in [0.2, 0.25) is 5.02 Å². The number of hydrogen-bond donors (Lipinski definition) is 1. The SMILES string of the molecule is CSc1ccc(Cl)c(C(=O)OCC(=O)Nc2ccc(N3CCCCC3)cc2)c1. The van der Waals surface area contributed by atoms with Crippen molar-refractivity contribution in [2.45, 2.75) is 24.2 Å². The number of piperidine rings is 1. The molecule has 1 aliphatic rings. The van der Waals surface area contributed by atoms with Gasteiger partial charge in [0.2, 0.25) is 0 Å². The van der Waals surface area contributed by atoms with Crippen molar-refractivity contribution < 1.29 is 14.3 Å². The molecule has 0 aromatic heterocycles. The van der Waals surface area contributed by atoms with Crippen LogP contribution in [0.3, 0.4) is 0 Å². The second-order valence-corrected chi connectivity index (χ2v) is 7.85. The standard InChI is InChI=1S/C21H23ClN2O3S/c1-28-17-9-10-19(22)18(13-17)21(26)27-14-20(25)23-15-5-7-16(8-6-15)24-11-3-2-4-12-24/h5-10,13H,2-4,11-12,14H2,1H3,(H,23,25). The molecule has 0 atom stereocenters. The minimum atomic E-state index is -0.614. The van der Waals surface area contributed by atoms with Gasteiger partial charge in [0.25, 0.3) is 5.91 Å². The summed E-state index contributed by atoms with van der Waals surface area (Å²) >= 11 is 7.55.